The van der Waals surface area contributed by atoms with E-state index < -0.39 is 0 Å². The molecule has 1 fully saturated rings. The highest BCUT2D eigenvalue weighted by Crippen LogP contribution is 2.32. The Morgan fingerprint density at radius 3 is 2.46 bits per heavy atom. The number of para-hydroxylation sites is 1. The lowest BCUT2D eigenvalue weighted by Crippen LogP contribution is -2.25. The minimum atomic E-state index is -0.115. The average Bonchev–Trinajstić information content (AvgIpc) is 3.29. The summed E-state index contributed by atoms with van der Waals surface area (Å²) < 4.78 is 9.69. The molecular formula is C34H33ClN4O2. The predicted octanol–water partition coefficient (Wildman–Crippen LogP) is 7.97. The number of nitrogens with zero attached hydrogens (tertiary/aromatic N) is 4. The molecule has 1 saturated carbocycles. The van der Waals surface area contributed by atoms with Crippen molar-refractivity contribution in [3.05, 3.63) is 123 Å². The third-order valence-corrected chi connectivity index (χ3v) is 8.20. The van der Waals surface area contributed by atoms with Gasteiger partial charge in [-0.25, -0.2) is 4.98 Å². The third kappa shape index (κ3) is 5.70. The monoisotopic (exact) mass is 564 g/mol. The molecule has 0 bridgehead atoms. The van der Waals surface area contributed by atoms with Gasteiger partial charge in [-0.3, -0.25) is 4.79 Å². The smallest absolute Gasteiger partial charge is 0.282 e. The molecule has 5 aromatic rings. The molecule has 0 atom stereocenters. The molecule has 3 aromatic carbocycles. The van der Waals surface area contributed by atoms with Gasteiger partial charge in [-0.2, -0.15) is 9.78 Å². The quantitative estimate of drug-likeness (QED) is 0.188. The van der Waals surface area contributed by atoms with Crippen LogP contribution in [-0.2, 0) is 6.61 Å². The summed E-state index contributed by atoms with van der Waals surface area (Å²) in [6.07, 6.45) is 7.42. The van der Waals surface area contributed by atoms with Gasteiger partial charge in [0.1, 0.15) is 18.2 Å². The van der Waals surface area contributed by atoms with Crippen LogP contribution >= 0.6 is 11.6 Å². The number of aryl methyl sites for hydroxylation is 1. The van der Waals surface area contributed by atoms with Crippen LogP contribution in [0.1, 0.15) is 66.4 Å². The lowest BCUT2D eigenvalue weighted by molar-refractivity contribution is 0.306. The molecule has 2 heterocycles. The van der Waals surface area contributed by atoms with Crippen molar-refractivity contribution in [2.75, 3.05) is 0 Å². The molecule has 0 spiro atoms. The Morgan fingerprint density at radius 2 is 1.71 bits per heavy atom. The van der Waals surface area contributed by atoms with Crippen LogP contribution in [0.15, 0.2) is 88.8 Å². The Balaban J connectivity index is 1.27. The Bertz CT molecular complexity index is 1760. The maximum Gasteiger partial charge on any atom is 0.282 e. The third-order valence-electron chi connectivity index (χ3n) is 7.95. The zero-order valence-corrected chi connectivity index (χ0v) is 24.1. The predicted molar refractivity (Wildman–Crippen MR) is 166 cm³/mol. The van der Waals surface area contributed by atoms with E-state index in [2.05, 4.69) is 36.6 Å². The first-order valence-electron chi connectivity index (χ1n) is 14.2. The van der Waals surface area contributed by atoms with Crippen LogP contribution in [0.25, 0.3) is 16.6 Å². The summed E-state index contributed by atoms with van der Waals surface area (Å²) in [5.41, 5.74) is 5.80. The van der Waals surface area contributed by atoms with E-state index in [1.54, 1.807) is 6.21 Å². The maximum absolute atomic E-state index is 13.6. The number of aromatic nitrogens is 3. The van der Waals surface area contributed by atoms with Crippen LogP contribution in [0, 0.1) is 13.8 Å². The highest BCUT2D eigenvalue weighted by molar-refractivity contribution is 6.30. The van der Waals surface area contributed by atoms with Crippen molar-refractivity contribution in [1.82, 2.24) is 14.2 Å². The van der Waals surface area contributed by atoms with Gasteiger partial charge in [-0.1, -0.05) is 55.1 Å². The molecule has 1 aliphatic rings. The van der Waals surface area contributed by atoms with Crippen molar-refractivity contribution in [2.24, 2.45) is 5.10 Å². The lowest BCUT2D eigenvalue weighted by Gasteiger charge is -2.22. The second-order valence-electron chi connectivity index (χ2n) is 10.8. The summed E-state index contributed by atoms with van der Waals surface area (Å²) in [5.74, 6) is 1.81. The molecule has 0 amide bonds. The maximum atomic E-state index is 13.6. The van der Waals surface area contributed by atoms with Crippen molar-refractivity contribution in [1.29, 1.82) is 0 Å². The van der Waals surface area contributed by atoms with Crippen LogP contribution in [0.4, 0.5) is 0 Å². The van der Waals surface area contributed by atoms with E-state index in [1.165, 1.54) is 11.1 Å². The van der Waals surface area contributed by atoms with Crippen molar-refractivity contribution in [2.45, 2.75) is 58.5 Å². The number of rotatable bonds is 7. The Hall–Kier alpha value is -4.16. The van der Waals surface area contributed by atoms with Crippen LogP contribution in [0.2, 0.25) is 5.02 Å². The van der Waals surface area contributed by atoms with Crippen molar-refractivity contribution in [3.63, 3.8) is 0 Å². The van der Waals surface area contributed by atoms with Gasteiger partial charge in [-0.05, 0) is 86.8 Å². The van der Waals surface area contributed by atoms with E-state index in [4.69, 9.17) is 26.4 Å². The average molecular weight is 565 g/mol. The molecule has 0 aliphatic heterocycles. The van der Waals surface area contributed by atoms with E-state index in [1.807, 2.05) is 60.7 Å². The number of hydrogen-bond donors (Lipinski definition) is 0. The molecule has 0 unspecified atom stereocenters. The molecule has 0 radical (unpaired) electrons. The number of benzene rings is 3. The van der Waals surface area contributed by atoms with E-state index in [-0.39, 0.29) is 11.5 Å². The zero-order chi connectivity index (χ0) is 28.3. The number of ether oxygens (including phenoxy) is 1. The topological polar surface area (TPSA) is 61.4 Å². The minimum Gasteiger partial charge on any atom is -0.489 e. The van der Waals surface area contributed by atoms with Crippen molar-refractivity contribution >= 4 is 28.7 Å². The van der Waals surface area contributed by atoms with Gasteiger partial charge in [0.25, 0.3) is 5.56 Å². The van der Waals surface area contributed by atoms with E-state index in [0.29, 0.717) is 17.0 Å². The number of fused-ring (bicyclic) bond motifs is 1. The standard InChI is InChI=1S/C34H33ClN4O2/c1-23-20-27(24(2)38(23)29-16-18-30(19-17-29)41-22-25-12-14-28(35)15-13-25)21-36-39-33(26-8-4-3-5-9-26)37-32-11-7-6-10-31(32)34(39)40/h6-7,10-21,26H,3-5,8-9,22H2,1-2H3. The number of halogens is 1. The Morgan fingerprint density at radius 1 is 0.976 bits per heavy atom. The van der Waals surface area contributed by atoms with Gasteiger partial charge >= 0.3 is 0 Å². The van der Waals surface area contributed by atoms with Gasteiger partial charge in [0.2, 0.25) is 0 Å². The van der Waals surface area contributed by atoms with Gasteiger partial charge in [-0.15, -0.1) is 0 Å². The summed E-state index contributed by atoms with van der Waals surface area (Å²) in [6.45, 7) is 4.62. The van der Waals surface area contributed by atoms with E-state index in [0.717, 1.165) is 71.0 Å². The van der Waals surface area contributed by atoms with Gasteiger partial charge < -0.3 is 9.30 Å². The second kappa shape index (κ2) is 11.8. The summed E-state index contributed by atoms with van der Waals surface area (Å²) in [4.78, 5) is 18.5. The molecule has 7 heteroatoms. The Kier molecular flexibility index (Phi) is 7.75. The first-order valence-corrected chi connectivity index (χ1v) is 14.6. The van der Waals surface area contributed by atoms with E-state index >= 15 is 0 Å². The van der Waals surface area contributed by atoms with E-state index in [9.17, 15) is 4.79 Å². The van der Waals surface area contributed by atoms with Crippen LogP contribution < -0.4 is 10.3 Å². The SMILES string of the molecule is Cc1cc(C=Nn2c(C3CCCCC3)nc3ccccc3c2=O)c(C)n1-c1ccc(OCc2ccc(Cl)cc2)cc1. The second-order valence-corrected chi connectivity index (χ2v) is 11.2. The molecule has 2 aromatic heterocycles. The minimum absolute atomic E-state index is 0.115. The van der Waals surface area contributed by atoms with Crippen LogP contribution in [0.3, 0.4) is 0 Å². The Labute approximate surface area is 244 Å². The van der Waals surface area contributed by atoms with Crippen molar-refractivity contribution in [3.8, 4) is 11.4 Å². The van der Waals surface area contributed by atoms with Crippen LogP contribution in [0.5, 0.6) is 5.75 Å². The molecule has 6 nitrogen and oxygen atoms in total. The summed E-state index contributed by atoms with van der Waals surface area (Å²) in [5, 5.41) is 6.06. The highest BCUT2D eigenvalue weighted by atomic mass is 35.5. The van der Waals surface area contributed by atoms with Crippen LogP contribution in [-0.4, -0.2) is 20.4 Å². The fourth-order valence-electron chi connectivity index (χ4n) is 5.75. The fraction of sp³-hybridized carbons (Fsp3) is 0.265. The molecule has 0 N–H and O–H groups in total. The summed E-state index contributed by atoms with van der Waals surface area (Å²) in [7, 11) is 0. The largest absolute Gasteiger partial charge is 0.489 e. The molecule has 208 valence electrons. The summed E-state index contributed by atoms with van der Waals surface area (Å²) >= 11 is 5.98. The first-order chi connectivity index (χ1) is 20.0. The molecule has 6 rings (SSSR count). The highest BCUT2D eigenvalue weighted by Gasteiger charge is 2.22. The lowest BCUT2D eigenvalue weighted by atomic mass is 9.88. The molecule has 0 saturated heterocycles. The molecule has 1 aliphatic carbocycles. The van der Waals surface area contributed by atoms with Gasteiger partial charge in [0.15, 0.2) is 0 Å². The molecular weight excluding hydrogens is 532 g/mol. The number of hydrogen-bond acceptors (Lipinski definition) is 4. The zero-order valence-electron chi connectivity index (χ0n) is 23.4. The first kappa shape index (κ1) is 27.0. The summed E-state index contributed by atoms with van der Waals surface area (Å²) in [6, 6.07) is 25.4. The fourth-order valence-corrected chi connectivity index (χ4v) is 5.88. The van der Waals surface area contributed by atoms with Gasteiger partial charge in [0.05, 0.1) is 17.1 Å². The molecule has 41 heavy (non-hydrogen) atoms. The van der Waals surface area contributed by atoms with Gasteiger partial charge in [0, 0.05) is 33.6 Å². The van der Waals surface area contributed by atoms with Crippen molar-refractivity contribution < 1.29 is 4.74 Å². The normalized spacial score (nSPS) is 14.2.